The third kappa shape index (κ3) is 5.78. The smallest absolute Gasteiger partial charge is 0.282 e. The van der Waals surface area contributed by atoms with Crippen molar-refractivity contribution < 1.29 is 14.5 Å². The molecule has 0 aliphatic carbocycles. The number of nitro benzene ring substituents is 1. The van der Waals surface area contributed by atoms with Gasteiger partial charge in [0.05, 0.1) is 11.0 Å². The number of carbonyl (C=O) groups excluding carboxylic acids is 1. The molecule has 0 atom stereocenters. The Morgan fingerprint density at radius 2 is 2.14 bits per heavy atom. The number of nitro groups is 1. The molecule has 3 N–H and O–H groups in total. The standard InChI is InChI=1S/C14H21N3O4/c1-10(2)21-8-4-3-7-16-14(18)12-9-11(15)5-6-13(12)17(19)20/h5-6,9-10H,3-4,7-8,15H2,1-2H3,(H,16,18). The van der Waals surface area contributed by atoms with Crippen molar-refractivity contribution in [3.8, 4) is 0 Å². The zero-order chi connectivity index (χ0) is 15.8. The van der Waals surface area contributed by atoms with Crippen LogP contribution in [0.1, 0.15) is 37.0 Å². The van der Waals surface area contributed by atoms with E-state index in [0.29, 0.717) is 18.8 Å². The normalized spacial score (nSPS) is 10.6. The van der Waals surface area contributed by atoms with Gasteiger partial charge in [-0.3, -0.25) is 14.9 Å². The van der Waals surface area contributed by atoms with Crippen LogP contribution in [0.4, 0.5) is 11.4 Å². The van der Waals surface area contributed by atoms with E-state index in [1.807, 2.05) is 13.8 Å². The molecule has 0 aliphatic rings. The zero-order valence-corrected chi connectivity index (χ0v) is 12.3. The van der Waals surface area contributed by atoms with E-state index in [1.54, 1.807) is 0 Å². The first kappa shape index (κ1) is 16.9. The lowest BCUT2D eigenvalue weighted by Crippen LogP contribution is -2.25. The summed E-state index contributed by atoms with van der Waals surface area (Å²) in [6.45, 7) is 4.99. The fourth-order valence-electron chi connectivity index (χ4n) is 1.74. The molecule has 7 heteroatoms. The number of nitrogen functional groups attached to an aromatic ring is 1. The Labute approximate surface area is 123 Å². The molecule has 7 nitrogen and oxygen atoms in total. The van der Waals surface area contributed by atoms with Gasteiger partial charge in [-0.25, -0.2) is 0 Å². The molecule has 0 heterocycles. The number of nitrogens with two attached hydrogens (primary N) is 1. The highest BCUT2D eigenvalue weighted by Gasteiger charge is 2.19. The van der Waals surface area contributed by atoms with Crippen LogP contribution in [0, 0.1) is 10.1 Å². The monoisotopic (exact) mass is 295 g/mol. The van der Waals surface area contributed by atoms with E-state index in [2.05, 4.69) is 5.32 Å². The second kappa shape index (κ2) is 8.21. The Morgan fingerprint density at radius 1 is 1.43 bits per heavy atom. The number of hydrogen-bond donors (Lipinski definition) is 2. The van der Waals surface area contributed by atoms with E-state index >= 15 is 0 Å². The van der Waals surface area contributed by atoms with Gasteiger partial charge in [-0.1, -0.05) is 0 Å². The molecule has 0 saturated heterocycles. The number of nitrogens with one attached hydrogen (secondary N) is 1. The number of unbranched alkanes of at least 4 members (excludes halogenated alkanes) is 1. The molecule has 0 aromatic heterocycles. The van der Waals surface area contributed by atoms with Gasteiger partial charge in [0.2, 0.25) is 0 Å². The Bertz CT molecular complexity index is 503. The van der Waals surface area contributed by atoms with E-state index < -0.39 is 10.8 Å². The highest BCUT2D eigenvalue weighted by molar-refractivity contribution is 5.99. The van der Waals surface area contributed by atoms with Crippen molar-refractivity contribution in [2.75, 3.05) is 18.9 Å². The van der Waals surface area contributed by atoms with Crippen molar-refractivity contribution in [1.29, 1.82) is 0 Å². The minimum Gasteiger partial charge on any atom is -0.399 e. The van der Waals surface area contributed by atoms with Gasteiger partial charge in [0.25, 0.3) is 11.6 Å². The van der Waals surface area contributed by atoms with Gasteiger partial charge >= 0.3 is 0 Å². The first-order valence-electron chi connectivity index (χ1n) is 6.85. The number of rotatable bonds is 8. The lowest BCUT2D eigenvalue weighted by Gasteiger charge is -2.08. The van der Waals surface area contributed by atoms with Gasteiger partial charge in [0.1, 0.15) is 5.56 Å². The van der Waals surface area contributed by atoms with Gasteiger partial charge < -0.3 is 15.8 Å². The fraction of sp³-hybridized carbons (Fsp3) is 0.500. The molecule has 0 fully saturated rings. The van der Waals surface area contributed by atoms with E-state index in [4.69, 9.17) is 10.5 Å². The van der Waals surface area contributed by atoms with Crippen molar-refractivity contribution in [3.63, 3.8) is 0 Å². The highest BCUT2D eigenvalue weighted by Crippen LogP contribution is 2.20. The van der Waals surface area contributed by atoms with Gasteiger partial charge in [-0.2, -0.15) is 0 Å². The summed E-state index contributed by atoms with van der Waals surface area (Å²) in [6.07, 6.45) is 1.75. The van der Waals surface area contributed by atoms with Crippen LogP contribution in [0.15, 0.2) is 18.2 Å². The van der Waals surface area contributed by atoms with Crippen LogP contribution in [0.5, 0.6) is 0 Å². The maximum absolute atomic E-state index is 12.0. The average molecular weight is 295 g/mol. The largest absolute Gasteiger partial charge is 0.399 e. The molecule has 1 aromatic carbocycles. The first-order valence-corrected chi connectivity index (χ1v) is 6.85. The lowest BCUT2D eigenvalue weighted by molar-refractivity contribution is -0.385. The summed E-state index contributed by atoms with van der Waals surface area (Å²) < 4.78 is 5.38. The van der Waals surface area contributed by atoms with Crippen molar-refractivity contribution >= 4 is 17.3 Å². The number of amides is 1. The van der Waals surface area contributed by atoms with Crippen molar-refractivity contribution in [1.82, 2.24) is 5.32 Å². The van der Waals surface area contributed by atoms with Crippen LogP contribution in [0.3, 0.4) is 0 Å². The summed E-state index contributed by atoms with van der Waals surface area (Å²) in [4.78, 5) is 22.3. The fourth-order valence-corrected chi connectivity index (χ4v) is 1.74. The van der Waals surface area contributed by atoms with Gasteiger partial charge in [-0.05, 0) is 38.8 Å². The van der Waals surface area contributed by atoms with E-state index in [1.165, 1.54) is 18.2 Å². The molecule has 116 valence electrons. The number of ether oxygens (including phenoxy) is 1. The number of benzene rings is 1. The molecule has 0 unspecified atom stereocenters. The second-order valence-electron chi connectivity index (χ2n) is 4.92. The summed E-state index contributed by atoms with van der Waals surface area (Å²) in [5, 5.41) is 13.5. The number of hydrogen-bond acceptors (Lipinski definition) is 5. The molecule has 0 bridgehead atoms. The second-order valence-corrected chi connectivity index (χ2v) is 4.92. The van der Waals surface area contributed by atoms with Crippen LogP contribution in [0.25, 0.3) is 0 Å². The summed E-state index contributed by atoms with van der Waals surface area (Å²) in [7, 11) is 0. The summed E-state index contributed by atoms with van der Waals surface area (Å²) in [5.74, 6) is -0.487. The SMILES string of the molecule is CC(C)OCCCCNC(=O)c1cc(N)ccc1[N+](=O)[O-]. The Balaban J connectivity index is 2.49. The van der Waals surface area contributed by atoms with Crippen molar-refractivity contribution in [3.05, 3.63) is 33.9 Å². The predicted octanol–water partition coefficient (Wildman–Crippen LogP) is 2.11. The van der Waals surface area contributed by atoms with E-state index in [9.17, 15) is 14.9 Å². The maximum Gasteiger partial charge on any atom is 0.282 e. The molecular weight excluding hydrogens is 274 g/mol. The van der Waals surface area contributed by atoms with Crippen LogP contribution in [-0.2, 0) is 4.74 Å². The molecule has 0 saturated carbocycles. The Hall–Kier alpha value is -2.15. The molecule has 1 amide bonds. The topological polar surface area (TPSA) is 107 Å². The van der Waals surface area contributed by atoms with Crippen molar-refractivity contribution in [2.45, 2.75) is 32.8 Å². The van der Waals surface area contributed by atoms with Gasteiger partial charge in [0.15, 0.2) is 0 Å². The minimum absolute atomic E-state index is 0.0153. The lowest BCUT2D eigenvalue weighted by atomic mass is 10.1. The molecule has 1 aromatic rings. The van der Waals surface area contributed by atoms with E-state index in [-0.39, 0.29) is 17.4 Å². The number of carbonyl (C=O) groups is 1. The third-order valence-electron chi connectivity index (χ3n) is 2.77. The quantitative estimate of drug-likeness (QED) is 0.330. The highest BCUT2D eigenvalue weighted by atomic mass is 16.6. The number of nitrogens with zero attached hydrogens (tertiary/aromatic N) is 1. The molecular formula is C14H21N3O4. The van der Waals surface area contributed by atoms with Crippen LogP contribution in [0.2, 0.25) is 0 Å². The molecule has 0 spiro atoms. The van der Waals surface area contributed by atoms with Gasteiger partial charge in [0, 0.05) is 24.9 Å². The molecule has 0 aliphatic heterocycles. The third-order valence-corrected chi connectivity index (χ3v) is 2.77. The van der Waals surface area contributed by atoms with Crippen molar-refractivity contribution in [2.24, 2.45) is 0 Å². The van der Waals surface area contributed by atoms with Crippen LogP contribution in [-0.4, -0.2) is 30.1 Å². The Kier molecular flexibility index (Phi) is 6.61. The van der Waals surface area contributed by atoms with Gasteiger partial charge in [-0.15, -0.1) is 0 Å². The predicted molar refractivity (Wildman–Crippen MR) is 80.2 cm³/mol. The average Bonchev–Trinajstić information content (AvgIpc) is 2.41. The number of anilines is 1. The van der Waals surface area contributed by atoms with E-state index in [0.717, 1.165) is 12.8 Å². The Morgan fingerprint density at radius 3 is 2.76 bits per heavy atom. The summed E-state index contributed by atoms with van der Waals surface area (Å²) >= 11 is 0. The summed E-state index contributed by atoms with van der Waals surface area (Å²) in [6, 6.07) is 3.95. The van der Waals surface area contributed by atoms with Crippen LogP contribution < -0.4 is 11.1 Å². The molecule has 21 heavy (non-hydrogen) atoms. The molecule has 1 rings (SSSR count). The summed E-state index contributed by atoms with van der Waals surface area (Å²) in [5.41, 5.74) is 5.62. The minimum atomic E-state index is -0.592. The first-order chi connectivity index (χ1) is 9.91. The van der Waals surface area contributed by atoms with Crippen LogP contribution >= 0.6 is 0 Å². The zero-order valence-electron chi connectivity index (χ0n) is 12.3. The maximum atomic E-state index is 12.0. The molecule has 0 radical (unpaired) electrons.